The highest BCUT2D eigenvalue weighted by Gasteiger charge is 2.49. The summed E-state index contributed by atoms with van der Waals surface area (Å²) in [5.74, 6) is 0.190. The number of hydrogen-bond acceptors (Lipinski definition) is 7. The van der Waals surface area contributed by atoms with Gasteiger partial charge < -0.3 is 19.0 Å². The maximum Gasteiger partial charge on any atom is 0.577 e. The topological polar surface area (TPSA) is 84.4 Å². The molecule has 7 nitrogen and oxygen atoms in total. The van der Waals surface area contributed by atoms with Gasteiger partial charge in [-0.1, -0.05) is 0 Å². The van der Waals surface area contributed by atoms with E-state index in [0.717, 1.165) is 0 Å². The monoisotopic (exact) mass is 292 g/mol. The lowest BCUT2D eigenvalue weighted by molar-refractivity contribution is 0.0839. The summed E-state index contributed by atoms with van der Waals surface area (Å²) in [7, 11) is -3.03. The van der Waals surface area contributed by atoms with Crippen LogP contribution in [0.4, 0.5) is 5.95 Å². The summed E-state index contributed by atoms with van der Waals surface area (Å²) in [6.45, 7) is 7.11. The Bertz CT molecular complexity index is 360. The van der Waals surface area contributed by atoms with Gasteiger partial charge in [0.05, 0.1) is 0 Å². The molecule has 0 saturated heterocycles. The summed E-state index contributed by atoms with van der Waals surface area (Å²) in [6, 6.07) is 0. The molecule has 0 aliphatic carbocycles. The summed E-state index contributed by atoms with van der Waals surface area (Å²) in [6.07, 6.45) is 1.88. The number of nitrogens with zero attached hydrogens (tertiary/aromatic N) is 3. The van der Waals surface area contributed by atoms with Gasteiger partial charge in [-0.15, -0.1) is 5.10 Å². The lowest BCUT2D eigenvalue weighted by Gasteiger charge is -2.26. The number of hydrogen-bond donors (Lipinski definition) is 1. The van der Waals surface area contributed by atoms with Crippen molar-refractivity contribution in [1.82, 2.24) is 14.2 Å². The van der Waals surface area contributed by atoms with Crippen LogP contribution in [-0.4, -0.2) is 49.1 Å². The maximum absolute atomic E-state index is 5.75. The first kappa shape index (κ1) is 15.4. The van der Waals surface area contributed by atoms with Crippen molar-refractivity contribution in [1.29, 1.82) is 0 Å². The van der Waals surface area contributed by atoms with Crippen molar-refractivity contribution in [3.05, 3.63) is 0 Å². The SMILES string of the molecule is CCO[Si](OCC)(OCC)c1nc(N)nn1SC. The molecule has 1 aromatic rings. The molecule has 1 aromatic heterocycles. The van der Waals surface area contributed by atoms with E-state index in [4.69, 9.17) is 19.0 Å². The van der Waals surface area contributed by atoms with E-state index in [9.17, 15) is 0 Å². The van der Waals surface area contributed by atoms with Gasteiger partial charge in [0.1, 0.15) is 0 Å². The highest BCUT2D eigenvalue weighted by atomic mass is 32.2. The molecule has 0 spiro atoms. The minimum Gasteiger partial charge on any atom is -0.368 e. The van der Waals surface area contributed by atoms with Gasteiger partial charge in [0.15, 0.2) is 0 Å². The highest BCUT2D eigenvalue weighted by molar-refractivity contribution is 7.97. The summed E-state index contributed by atoms with van der Waals surface area (Å²) >= 11 is 1.38. The molecule has 0 atom stereocenters. The quantitative estimate of drug-likeness (QED) is 0.687. The van der Waals surface area contributed by atoms with Crippen molar-refractivity contribution in [3.8, 4) is 0 Å². The van der Waals surface area contributed by atoms with Crippen LogP contribution in [0.1, 0.15) is 20.8 Å². The van der Waals surface area contributed by atoms with Gasteiger partial charge in [0.2, 0.25) is 11.4 Å². The Morgan fingerprint density at radius 2 is 1.67 bits per heavy atom. The van der Waals surface area contributed by atoms with Crippen LogP contribution >= 0.6 is 11.9 Å². The van der Waals surface area contributed by atoms with Crippen molar-refractivity contribution in [2.75, 3.05) is 31.8 Å². The van der Waals surface area contributed by atoms with Gasteiger partial charge in [-0.25, -0.2) is 0 Å². The van der Waals surface area contributed by atoms with Crippen LogP contribution in [0, 0.1) is 0 Å². The van der Waals surface area contributed by atoms with Gasteiger partial charge in [-0.3, -0.25) is 0 Å². The average Bonchev–Trinajstić information content (AvgIpc) is 2.72. The lowest BCUT2D eigenvalue weighted by atomic mass is 10.9. The molecule has 1 rings (SSSR count). The zero-order chi connectivity index (χ0) is 13.6. The molecule has 0 fully saturated rings. The molecule has 0 unspecified atom stereocenters. The van der Waals surface area contributed by atoms with Gasteiger partial charge >= 0.3 is 8.80 Å². The number of nitrogen functional groups attached to an aromatic ring is 1. The molecule has 2 N–H and O–H groups in total. The van der Waals surface area contributed by atoms with Crippen LogP contribution in [0.3, 0.4) is 0 Å². The van der Waals surface area contributed by atoms with Crippen LogP contribution in [0.15, 0.2) is 0 Å². The summed E-state index contributed by atoms with van der Waals surface area (Å²) in [4.78, 5) is 4.21. The fourth-order valence-corrected chi connectivity index (χ4v) is 4.82. The smallest absolute Gasteiger partial charge is 0.368 e. The first-order valence-electron chi connectivity index (χ1n) is 5.82. The largest absolute Gasteiger partial charge is 0.577 e. The van der Waals surface area contributed by atoms with Crippen molar-refractivity contribution in [2.24, 2.45) is 0 Å². The summed E-state index contributed by atoms with van der Waals surface area (Å²) in [5, 5.41) is 4.08. The second-order valence-corrected chi connectivity index (χ2v) is 6.34. The fraction of sp³-hybridized carbons (Fsp3) is 0.778. The first-order valence-corrected chi connectivity index (χ1v) is 8.73. The van der Waals surface area contributed by atoms with Crippen LogP contribution in [0.25, 0.3) is 0 Å². The first-order chi connectivity index (χ1) is 8.63. The normalized spacial score (nSPS) is 12.0. The summed E-state index contributed by atoms with van der Waals surface area (Å²) in [5.41, 5.74) is 6.18. The zero-order valence-corrected chi connectivity index (χ0v) is 13.0. The van der Waals surface area contributed by atoms with E-state index >= 15 is 0 Å². The second-order valence-electron chi connectivity index (χ2n) is 3.20. The lowest BCUT2D eigenvalue weighted by Crippen LogP contribution is -2.60. The predicted molar refractivity (Wildman–Crippen MR) is 73.6 cm³/mol. The molecular weight excluding hydrogens is 272 g/mol. The third kappa shape index (κ3) is 3.23. The van der Waals surface area contributed by atoms with Gasteiger partial charge in [-0.2, -0.15) is 9.07 Å². The Kier molecular flexibility index (Phi) is 6.09. The van der Waals surface area contributed by atoms with Crippen LogP contribution < -0.4 is 11.2 Å². The van der Waals surface area contributed by atoms with E-state index in [1.165, 1.54) is 11.9 Å². The van der Waals surface area contributed by atoms with E-state index < -0.39 is 8.80 Å². The molecule has 0 aromatic carbocycles. The third-order valence-electron chi connectivity index (χ3n) is 2.04. The number of rotatable bonds is 8. The molecule has 104 valence electrons. The number of aromatic nitrogens is 3. The molecule has 0 aliphatic rings. The Balaban J connectivity index is 3.20. The minimum absolute atomic E-state index is 0.190. The van der Waals surface area contributed by atoms with E-state index in [2.05, 4.69) is 10.1 Å². The van der Waals surface area contributed by atoms with E-state index in [0.29, 0.717) is 25.3 Å². The fourth-order valence-electron chi connectivity index (χ4n) is 1.52. The van der Waals surface area contributed by atoms with E-state index in [-0.39, 0.29) is 5.95 Å². The average molecular weight is 292 g/mol. The van der Waals surface area contributed by atoms with E-state index in [1.807, 2.05) is 27.0 Å². The number of anilines is 1. The van der Waals surface area contributed by atoms with Gasteiger partial charge in [-0.05, 0) is 32.7 Å². The molecular formula is C9H20N4O3SSi. The summed E-state index contributed by atoms with van der Waals surface area (Å²) < 4.78 is 18.9. The van der Waals surface area contributed by atoms with Crippen LogP contribution in [-0.2, 0) is 13.3 Å². The Morgan fingerprint density at radius 1 is 1.17 bits per heavy atom. The minimum atomic E-state index is -3.03. The Hall–Kier alpha value is -0.613. The zero-order valence-electron chi connectivity index (χ0n) is 11.2. The van der Waals surface area contributed by atoms with E-state index in [1.54, 1.807) is 4.09 Å². The van der Waals surface area contributed by atoms with Crippen LogP contribution in [0.2, 0.25) is 0 Å². The Labute approximate surface area is 113 Å². The molecule has 0 saturated carbocycles. The predicted octanol–water partition coefficient (Wildman–Crippen LogP) is 0.242. The van der Waals surface area contributed by atoms with Crippen LogP contribution in [0.5, 0.6) is 0 Å². The Morgan fingerprint density at radius 3 is 2.06 bits per heavy atom. The molecule has 9 heteroatoms. The molecule has 18 heavy (non-hydrogen) atoms. The molecule has 0 aliphatic heterocycles. The number of nitrogens with two attached hydrogens (primary N) is 1. The molecule has 0 bridgehead atoms. The highest BCUT2D eigenvalue weighted by Crippen LogP contribution is 2.12. The standard InChI is InChI=1S/C9H20N4O3SSi/c1-5-14-18(15-6-2,16-7-3)9-11-8(10)12-13(9)17-4/h5-7H2,1-4H3,(H2,10,12). The second kappa shape index (κ2) is 7.09. The molecule has 1 heterocycles. The van der Waals surface area contributed by atoms with Crippen molar-refractivity contribution in [3.63, 3.8) is 0 Å². The van der Waals surface area contributed by atoms with Gasteiger partial charge in [0, 0.05) is 26.1 Å². The van der Waals surface area contributed by atoms with Gasteiger partial charge in [0.25, 0.3) is 0 Å². The third-order valence-corrected chi connectivity index (χ3v) is 5.68. The van der Waals surface area contributed by atoms with Crippen molar-refractivity contribution >= 4 is 32.1 Å². The molecule has 0 amide bonds. The van der Waals surface area contributed by atoms with Crippen molar-refractivity contribution < 1.29 is 13.3 Å². The maximum atomic E-state index is 5.75. The van der Waals surface area contributed by atoms with Crippen molar-refractivity contribution in [2.45, 2.75) is 20.8 Å². The molecule has 0 radical (unpaired) electrons.